The number of nitrogens with zero attached hydrogens (tertiary/aromatic N) is 3. The fourth-order valence-electron chi connectivity index (χ4n) is 3.45. The summed E-state index contributed by atoms with van der Waals surface area (Å²) < 4.78 is 0. The Balaban J connectivity index is 1.59. The van der Waals surface area contributed by atoms with E-state index in [1.165, 1.54) is 58.4 Å². The highest BCUT2D eigenvalue weighted by Gasteiger charge is 2.50. The summed E-state index contributed by atoms with van der Waals surface area (Å²) in [6.45, 7) is 6.52. The Morgan fingerprint density at radius 2 is 1.62 bits per heavy atom. The standard InChI is InChI=1S/C13H25N3/c1-14-7-3-12(4-8-14)16-10-9-15(2)13(11-16)5-6-13/h12H,3-11H2,1-2H3. The third-order valence-corrected chi connectivity index (χ3v) is 5.06. The van der Waals surface area contributed by atoms with Gasteiger partial charge in [0.05, 0.1) is 0 Å². The van der Waals surface area contributed by atoms with Crippen LogP contribution in [0.1, 0.15) is 25.7 Å². The molecule has 0 aromatic heterocycles. The maximum absolute atomic E-state index is 2.79. The van der Waals surface area contributed by atoms with E-state index in [-0.39, 0.29) is 0 Å². The molecule has 0 aromatic rings. The second-order valence-electron chi connectivity index (χ2n) is 6.15. The SMILES string of the molecule is CN1CCC(N2CCN(C)C3(CC3)C2)CC1. The highest BCUT2D eigenvalue weighted by atomic mass is 15.3. The molecule has 1 saturated carbocycles. The number of likely N-dealkylation sites (tertiary alicyclic amines) is 1. The number of piperazine rings is 1. The molecular weight excluding hydrogens is 198 g/mol. The molecule has 0 atom stereocenters. The second-order valence-corrected chi connectivity index (χ2v) is 6.15. The molecule has 3 fully saturated rings. The zero-order valence-electron chi connectivity index (χ0n) is 10.8. The lowest BCUT2D eigenvalue weighted by molar-refractivity contribution is 0.0301. The topological polar surface area (TPSA) is 9.72 Å². The first-order valence-electron chi connectivity index (χ1n) is 6.83. The lowest BCUT2D eigenvalue weighted by Gasteiger charge is -2.45. The normalized spacial score (nSPS) is 33.4. The summed E-state index contributed by atoms with van der Waals surface area (Å²) in [6, 6.07) is 0.877. The van der Waals surface area contributed by atoms with Crippen molar-refractivity contribution in [3.63, 3.8) is 0 Å². The van der Waals surface area contributed by atoms with E-state index in [0.717, 1.165) is 6.04 Å². The fraction of sp³-hybridized carbons (Fsp3) is 1.00. The van der Waals surface area contributed by atoms with Gasteiger partial charge in [0, 0.05) is 31.2 Å². The van der Waals surface area contributed by atoms with Crippen molar-refractivity contribution in [1.82, 2.24) is 14.7 Å². The number of likely N-dealkylation sites (N-methyl/N-ethyl adjacent to an activating group) is 1. The molecule has 2 heterocycles. The fourth-order valence-corrected chi connectivity index (χ4v) is 3.45. The average Bonchev–Trinajstić information content (AvgIpc) is 3.05. The van der Waals surface area contributed by atoms with Crippen LogP contribution in [0.5, 0.6) is 0 Å². The minimum absolute atomic E-state index is 0.599. The van der Waals surface area contributed by atoms with Crippen LogP contribution >= 0.6 is 0 Å². The molecule has 0 unspecified atom stereocenters. The van der Waals surface area contributed by atoms with Crippen LogP contribution in [0.2, 0.25) is 0 Å². The Morgan fingerprint density at radius 3 is 2.25 bits per heavy atom. The van der Waals surface area contributed by atoms with Gasteiger partial charge in [0.1, 0.15) is 0 Å². The molecule has 3 aliphatic rings. The van der Waals surface area contributed by atoms with E-state index in [1.807, 2.05) is 0 Å². The van der Waals surface area contributed by atoms with Crippen LogP contribution in [0.4, 0.5) is 0 Å². The van der Waals surface area contributed by atoms with Gasteiger partial charge in [-0.3, -0.25) is 9.80 Å². The average molecular weight is 223 g/mol. The van der Waals surface area contributed by atoms with Gasteiger partial charge in [-0.1, -0.05) is 0 Å². The van der Waals surface area contributed by atoms with E-state index in [2.05, 4.69) is 28.8 Å². The summed E-state index contributed by atoms with van der Waals surface area (Å²) >= 11 is 0. The molecule has 0 aromatic carbocycles. The molecule has 3 rings (SSSR count). The molecule has 3 nitrogen and oxygen atoms in total. The third-order valence-electron chi connectivity index (χ3n) is 5.06. The Morgan fingerprint density at radius 1 is 0.938 bits per heavy atom. The van der Waals surface area contributed by atoms with Crippen LogP contribution in [0.25, 0.3) is 0 Å². The van der Waals surface area contributed by atoms with Crippen molar-refractivity contribution in [3.05, 3.63) is 0 Å². The van der Waals surface area contributed by atoms with Crippen molar-refractivity contribution in [1.29, 1.82) is 0 Å². The lowest BCUT2D eigenvalue weighted by Crippen LogP contribution is -2.57. The number of hydrogen-bond acceptors (Lipinski definition) is 3. The van der Waals surface area contributed by atoms with E-state index in [0.29, 0.717) is 5.54 Å². The predicted molar refractivity (Wildman–Crippen MR) is 66.7 cm³/mol. The first-order chi connectivity index (χ1) is 7.70. The molecule has 2 saturated heterocycles. The molecular formula is C13H25N3. The summed E-state index contributed by atoms with van der Waals surface area (Å²) in [7, 11) is 4.57. The molecule has 2 aliphatic heterocycles. The summed E-state index contributed by atoms with van der Waals surface area (Å²) in [4.78, 5) is 7.87. The molecule has 1 spiro atoms. The monoisotopic (exact) mass is 223 g/mol. The maximum Gasteiger partial charge on any atom is 0.0335 e. The molecule has 1 aliphatic carbocycles. The van der Waals surface area contributed by atoms with Gasteiger partial charge in [0.25, 0.3) is 0 Å². The zero-order valence-corrected chi connectivity index (χ0v) is 10.8. The van der Waals surface area contributed by atoms with Crippen LogP contribution in [-0.2, 0) is 0 Å². The minimum Gasteiger partial charge on any atom is -0.306 e. The highest BCUT2D eigenvalue weighted by molar-refractivity contribution is 5.08. The van der Waals surface area contributed by atoms with Gasteiger partial charge < -0.3 is 4.90 Å². The summed E-state index contributed by atoms with van der Waals surface area (Å²) in [5.74, 6) is 0. The molecule has 0 amide bonds. The Bertz CT molecular complexity index is 254. The van der Waals surface area contributed by atoms with E-state index >= 15 is 0 Å². The first kappa shape index (κ1) is 11.0. The second kappa shape index (κ2) is 3.97. The van der Waals surface area contributed by atoms with Crippen LogP contribution in [0.15, 0.2) is 0 Å². The van der Waals surface area contributed by atoms with Crippen molar-refractivity contribution in [2.45, 2.75) is 37.3 Å². The Hall–Kier alpha value is -0.120. The van der Waals surface area contributed by atoms with Gasteiger partial charge in [0.2, 0.25) is 0 Å². The van der Waals surface area contributed by atoms with Crippen LogP contribution in [-0.4, -0.2) is 73.1 Å². The van der Waals surface area contributed by atoms with Gasteiger partial charge in [-0.2, -0.15) is 0 Å². The molecule has 0 N–H and O–H groups in total. The van der Waals surface area contributed by atoms with E-state index in [9.17, 15) is 0 Å². The largest absolute Gasteiger partial charge is 0.306 e. The van der Waals surface area contributed by atoms with Crippen molar-refractivity contribution in [3.8, 4) is 0 Å². The maximum atomic E-state index is 2.79. The van der Waals surface area contributed by atoms with Gasteiger partial charge in [-0.05, 0) is 52.9 Å². The molecule has 92 valence electrons. The number of hydrogen-bond donors (Lipinski definition) is 0. The van der Waals surface area contributed by atoms with E-state index in [4.69, 9.17) is 0 Å². The highest BCUT2D eigenvalue weighted by Crippen LogP contribution is 2.44. The number of rotatable bonds is 1. The molecule has 3 heteroatoms. The van der Waals surface area contributed by atoms with Gasteiger partial charge in [-0.15, -0.1) is 0 Å². The summed E-state index contributed by atoms with van der Waals surface area (Å²) in [5, 5.41) is 0. The van der Waals surface area contributed by atoms with Crippen molar-refractivity contribution < 1.29 is 0 Å². The van der Waals surface area contributed by atoms with Crippen molar-refractivity contribution in [2.24, 2.45) is 0 Å². The van der Waals surface area contributed by atoms with Gasteiger partial charge >= 0.3 is 0 Å². The van der Waals surface area contributed by atoms with Gasteiger partial charge in [-0.25, -0.2) is 0 Å². The van der Waals surface area contributed by atoms with Crippen LogP contribution in [0.3, 0.4) is 0 Å². The zero-order chi connectivity index (χ0) is 11.2. The van der Waals surface area contributed by atoms with Crippen molar-refractivity contribution in [2.75, 3.05) is 46.8 Å². The quantitative estimate of drug-likeness (QED) is 0.653. The Kier molecular flexibility index (Phi) is 2.73. The van der Waals surface area contributed by atoms with E-state index < -0.39 is 0 Å². The summed E-state index contributed by atoms with van der Waals surface area (Å²) in [5.41, 5.74) is 0.599. The Labute approximate surface area is 99.4 Å². The number of piperidine rings is 1. The van der Waals surface area contributed by atoms with Crippen LogP contribution < -0.4 is 0 Å². The lowest BCUT2D eigenvalue weighted by atomic mass is 10.0. The van der Waals surface area contributed by atoms with E-state index in [1.54, 1.807) is 0 Å². The van der Waals surface area contributed by atoms with Crippen LogP contribution in [0, 0.1) is 0 Å². The smallest absolute Gasteiger partial charge is 0.0335 e. The van der Waals surface area contributed by atoms with Gasteiger partial charge in [0.15, 0.2) is 0 Å². The minimum atomic E-state index is 0.599. The van der Waals surface area contributed by atoms with Crippen molar-refractivity contribution >= 4 is 0 Å². The molecule has 0 bridgehead atoms. The predicted octanol–water partition coefficient (Wildman–Crippen LogP) is 0.861. The third kappa shape index (κ3) is 1.89. The molecule has 16 heavy (non-hydrogen) atoms. The summed E-state index contributed by atoms with van der Waals surface area (Å²) in [6.07, 6.45) is 5.64. The molecule has 0 radical (unpaired) electrons. The first-order valence-corrected chi connectivity index (χ1v) is 6.83.